The molecule has 94 valence electrons. The molecular formula is C10H20Br2N2OSi. The van der Waals surface area contributed by atoms with Crippen molar-refractivity contribution >= 4 is 39.9 Å². The van der Waals surface area contributed by atoms with Crippen molar-refractivity contribution in [2.45, 2.75) is 45.2 Å². The van der Waals surface area contributed by atoms with Crippen molar-refractivity contribution in [3.8, 4) is 0 Å². The molecular weight excluding hydrogens is 352 g/mol. The quantitative estimate of drug-likeness (QED) is 0.600. The minimum absolute atomic E-state index is 0.211. The Labute approximate surface area is 116 Å². The van der Waals surface area contributed by atoms with E-state index in [2.05, 4.69) is 70.7 Å². The molecule has 0 saturated carbocycles. The van der Waals surface area contributed by atoms with Crippen LogP contribution in [0.4, 0.5) is 0 Å². The van der Waals surface area contributed by atoms with Crippen molar-refractivity contribution < 1.29 is 4.84 Å². The molecule has 1 N–H and O–H groups in total. The lowest BCUT2D eigenvalue weighted by atomic mass is 10.3. The van der Waals surface area contributed by atoms with Gasteiger partial charge in [0.25, 0.3) is 0 Å². The molecule has 1 heterocycles. The number of hydroxylamine groups is 2. The molecule has 0 aromatic carbocycles. The molecule has 0 fully saturated rings. The molecule has 0 unspecified atom stereocenters. The van der Waals surface area contributed by atoms with Gasteiger partial charge in [0.15, 0.2) is 0 Å². The van der Waals surface area contributed by atoms with Crippen molar-refractivity contribution in [1.29, 1.82) is 0 Å². The largest absolute Gasteiger partial charge is 0.353 e. The van der Waals surface area contributed by atoms with E-state index in [9.17, 15) is 0 Å². The Bertz CT molecular complexity index is 300. The Balaban J connectivity index is 2.53. The third kappa shape index (κ3) is 3.75. The van der Waals surface area contributed by atoms with Gasteiger partial charge >= 0.3 is 0 Å². The number of hydrogen-bond acceptors (Lipinski definition) is 3. The third-order valence-electron chi connectivity index (χ3n) is 2.36. The molecule has 0 radical (unpaired) electrons. The molecule has 1 aliphatic heterocycles. The summed E-state index contributed by atoms with van der Waals surface area (Å²) in [6, 6.07) is 1.16. The molecule has 0 bridgehead atoms. The maximum Gasteiger partial charge on any atom is 0.139 e. The predicted octanol–water partition coefficient (Wildman–Crippen LogP) is 3.81. The Kier molecular flexibility index (Phi) is 4.54. The Hall–Kier alpha value is 0.477. The zero-order chi connectivity index (χ0) is 12.6. The topological polar surface area (TPSA) is 24.5 Å². The maximum atomic E-state index is 5.85. The van der Waals surface area contributed by atoms with Gasteiger partial charge in [0.2, 0.25) is 0 Å². The van der Waals surface area contributed by atoms with Crippen LogP contribution >= 0.6 is 31.9 Å². The smallest absolute Gasteiger partial charge is 0.139 e. The molecule has 0 saturated heterocycles. The fourth-order valence-corrected chi connectivity index (χ4v) is 3.36. The zero-order valence-electron chi connectivity index (χ0n) is 10.5. The molecule has 0 spiro atoms. The summed E-state index contributed by atoms with van der Waals surface area (Å²) < 4.78 is 1.86. The van der Waals surface area contributed by atoms with Gasteiger partial charge in [-0.15, -0.1) is 0 Å². The monoisotopic (exact) mass is 370 g/mol. The second-order valence-electron chi connectivity index (χ2n) is 5.73. The van der Waals surface area contributed by atoms with Crippen molar-refractivity contribution in [2.75, 3.05) is 6.61 Å². The first-order valence-corrected chi connectivity index (χ1v) is 10.7. The van der Waals surface area contributed by atoms with Crippen molar-refractivity contribution in [1.82, 2.24) is 10.4 Å². The van der Waals surface area contributed by atoms with Gasteiger partial charge in [-0.05, 0) is 51.8 Å². The van der Waals surface area contributed by atoms with Crippen LogP contribution in [0.5, 0.6) is 0 Å². The summed E-state index contributed by atoms with van der Waals surface area (Å²) in [5.41, 5.74) is -0.211. The van der Waals surface area contributed by atoms with Crippen molar-refractivity contribution in [2.24, 2.45) is 0 Å². The van der Waals surface area contributed by atoms with E-state index >= 15 is 0 Å². The summed E-state index contributed by atoms with van der Waals surface area (Å²) >= 11 is 6.97. The van der Waals surface area contributed by atoms with Gasteiger partial charge in [-0.25, -0.2) is 5.06 Å². The normalized spacial score (nSPS) is 20.3. The number of hydrogen-bond donors (Lipinski definition) is 1. The summed E-state index contributed by atoms with van der Waals surface area (Å²) in [5, 5.41) is 5.19. The summed E-state index contributed by atoms with van der Waals surface area (Å²) in [4.78, 5) is 5.85. The van der Waals surface area contributed by atoms with E-state index in [4.69, 9.17) is 4.84 Å². The van der Waals surface area contributed by atoms with Gasteiger partial charge in [0.05, 0.1) is 6.61 Å². The van der Waals surface area contributed by atoms with Crippen LogP contribution in [0, 0.1) is 0 Å². The average molecular weight is 372 g/mol. The fraction of sp³-hybridized carbons (Fsp3) is 0.800. The first-order valence-electron chi connectivity index (χ1n) is 5.40. The van der Waals surface area contributed by atoms with Crippen LogP contribution in [0.3, 0.4) is 0 Å². The van der Waals surface area contributed by atoms with E-state index in [1.165, 1.54) is 0 Å². The standard InChI is InChI=1S/C10H20Br2N2OSi/c1-10(2)13-8(11)9(12)14(10)15-6-7-16(3,4)5/h13H,6-7H2,1-5H3. The molecule has 16 heavy (non-hydrogen) atoms. The van der Waals surface area contributed by atoms with Gasteiger partial charge in [-0.2, -0.15) is 0 Å². The van der Waals surface area contributed by atoms with E-state index in [1.807, 2.05) is 5.06 Å². The van der Waals surface area contributed by atoms with Crippen LogP contribution in [0.1, 0.15) is 13.8 Å². The Morgan fingerprint density at radius 1 is 1.31 bits per heavy atom. The minimum Gasteiger partial charge on any atom is -0.353 e. The lowest BCUT2D eigenvalue weighted by molar-refractivity contribution is -0.172. The molecule has 1 rings (SSSR count). The first kappa shape index (κ1) is 14.5. The lowest BCUT2D eigenvalue weighted by Gasteiger charge is -2.33. The molecule has 0 aromatic heterocycles. The van der Waals surface area contributed by atoms with Gasteiger partial charge in [0, 0.05) is 8.07 Å². The molecule has 3 nitrogen and oxygen atoms in total. The highest BCUT2D eigenvalue weighted by Crippen LogP contribution is 2.34. The van der Waals surface area contributed by atoms with Crippen LogP contribution in [-0.2, 0) is 4.84 Å². The average Bonchev–Trinajstić information content (AvgIpc) is 2.25. The first-order chi connectivity index (χ1) is 7.13. The van der Waals surface area contributed by atoms with E-state index in [0.29, 0.717) is 0 Å². The summed E-state index contributed by atoms with van der Waals surface area (Å²) in [6.45, 7) is 12.0. The molecule has 0 amide bonds. The van der Waals surface area contributed by atoms with Gasteiger partial charge in [0.1, 0.15) is 14.9 Å². The predicted molar refractivity (Wildman–Crippen MR) is 78.0 cm³/mol. The van der Waals surface area contributed by atoms with Crippen LogP contribution in [0.15, 0.2) is 9.21 Å². The van der Waals surface area contributed by atoms with Crippen LogP contribution in [-0.4, -0.2) is 25.4 Å². The number of halogens is 2. The maximum absolute atomic E-state index is 5.85. The molecule has 0 aliphatic carbocycles. The minimum atomic E-state index is -1.03. The number of nitrogens with one attached hydrogen (secondary N) is 1. The molecule has 0 aromatic rings. The van der Waals surface area contributed by atoms with Crippen LogP contribution < -0.4 is 5.32 Å². The van der Waals surface area contributed by atoms with E-state index in [1.54, 1.807) is 0 Å². The van der Waals surface area contributed by atoms with Gasteiger partial charge in [-0.3, -0.25) is 4.84 Å². The molecule has 0 atom stereocenters. The molecule has 1 aliphatic rings. The fourth-order valence-electron chi connectivity index (χ4n) is 1.37. The second-order valence-corrected chi connectivity index (χ2v) is 12.9. The summed E-state index contributed by atoms with van der Waals surface area (Å²) in [6.07, 6.45) is 0. The molecule has 6 heteroatoms. The van der Waals surface area contributed by atoms with Crippen molar-refractivity contribution in [3.63, 3.8) is 0 Å². The number of nitrogens with zero attached hydrogens (tertiary/aromatic N) is 1. The van der Waals surface area contributed by atoms with Crippen LogP contribution in [0.2, 0.25) is 25.7 Å². The van der Waals surface area contributed by atoms with Crippen LogP contribution in [0.25, 0.3) is 0 Å². The number of rotatable bonds is 4. The second kappa shape index (κ2) is 5.00. The van der Waals surface area contributed by atoms with Gasteiger partial charge in [-0.1, -0.05) is 19.6 Å². The van der Waals surface area contributed by atoms with Crippen molar-refractivity contribution in [3.05, 3.63) is 9.21 Å². The van der Waals surface area contributed by atoms with Gasteiger partial charge < -0.3 is 5.32 Å². The highest BCUT2D eigenvalue weighted by atomic mass is 79.9. The highest BCUT2D eigenvalue weighted by molar-refractivity contribution is 9.14. The SMILES string of the molecule is CC1(C)NC(Br)=C(Br)N1OCC[Si](C)(C)C. The summed E-state index contributed by atoms with van der Waals surface area (Å²) in [5.74, 6) is 0. The van der Waals surface area contributed by atoms with E-state index in [0.717, 1.165) is 21.9 Å². The Morgan fingerprint density at radius 2 is 1.88 bits per heavy atom. The van der Waals surface area contributed by atoms with E-state index < -0.39 is 8.07 Å². The summed E-state index contributed by atoms with van der Waals surface area (Å²) in [7, 11) is -1.03. The zero-order valence-corrected chi connectivity index (χ0v) is 14.7. The Morgan fingerprint density at radius 3 is 2.25 bits per heavy atom. The van der Waals surface area contributed by atoms with E-state index in [-0.39, 0.29) is 5.66 Å². The highest BCUT2D eigenvalue weighted by Gasteiger charge is 2.37. The third-order valence-corrected chi connectivity index (χ3v) is 5.88. The lowest BCUT2D eigenvalue weighted by Crippen LogP contribution is -2.47.